The lowest BCUT2D eigenvalue weighted by atomic mass is 10.1. The highest BCUT2D eigenvalue weighted by molar-refractivity contribution is 5.91. The normalized spacial score (nSPS) is 12.7. The summed E-state index contributed by atoms with van der Waals surface area (Å²) in [6, 6.07) is 5.60. The molecular formula is C16H21N7O2. The zero-order valence-corrected chi connectivity index (χ0v) is 14.5. The Morgan fingerprint density at radius 3 is 2.84 bits per heavy atom. The molecule has 132 valence electrons. The quantitative estimate of drug-likeness (QED) is 0.864. The first-order valence-electron chi connectivity index (χ1n) is 7.95. The maximum absolute atomic E-state index is 12.2. The molecule has 3 amide bonds. The summed E-state index contributed by atoms with van der Waals surface area (Å²) in [5, 5.41) is 13.1. The molecule has 0 fully saturated rings. The summed E-state index contributed by atoms with van der Waals surface area (Å²) in [5.41, 5.74) is 3.20. The highest BCUT2D eigenvalue weighted by Gasteiger charge is 2.16. The number of amides is 3. The number of nitrogens with one attached hydrogen (secondary N) is 2. The summed E-state index contributed by atoms with van der Waals surface area (Å²) in [6.07, 6.45) is 2.49. The van der Waals surface area contributed by atoms with Crippen LogP contribution in [0, 0.1) is 0 Å². The van der Waals surface area contributed by atoms with Crippen molar-refractivity contribution in [3.8, 4) is 0 Å². The van der Waals surface area contributed by atoms with Crippen molar-refractivity contribution in [1.82, 2.24) is 19.9 Å². The minimum atomic E-state index is -0.306. The molecule has 1 aliphatic heterocycles. The molecule has 0 saturated heterocycles. The van der Waals surface area contributed by atoms with Gasteiger partial charge in [-0.15, -0.1) is 5.10 Å². The number of carbonyl (C=O) groups is 2. The van der Waals surface area contributed by atoms with Crippen molar-refractivity contribution in [3.05, 3.63) is 30.0 Å². The topological polar surface area (TPSA) is 95.4 Å². The number of rotatable bonds is 4. The van der Waals surface area contributed by atoms with Gasteiger partial charge in [0.05, 0.1) is 6.20 Å². The van der Waals surface area contributed by atoms with E-state index in [2.05, 4.69) is 32.9 Å². The van der Waals surface area contributed by atoms with Gasteiger partial charge in [0.15, 0.2) is 5.82 Å². The number of fused-ring (bicyclic) bond motifs is 1. The Hall–Kier alpha value is -3.10. The molecule has 0 atom stereocenters. The van der Waals surface area contributed by atoms with E-state index in [1.165, 1.54) is 27.0 Å². The number of likely N-dealkylation sites (N-methyl/N-ethyl adjacent to an activating group) is 1. The number of benzene rings is 1. The Morgan fingerprint density at radius 1 is 1.28 bits per heavy atom. The highest BCUT2D eigenvalue weighted by atomic mass is 16.2. The van der Waals surface area contributed by atoms with E-state index in [0.29, 0.717) is 5.82 Å². The van der Waals surface area contributed by atoms with E-state index in [4.69, 9.17) is 0 Å². The third-order valence-corrected chi connectivity index (χ3v) is 3.98. The van der Waals surface area contributed by atoms with Crippen molar-refractivity contribution in [2.24, 2.45) is 0 Å². The molecule has 0 unspecified atom stereocenters. The lowest BCUT2D eigenvalue weighted by Crippen LogP contribution is -2.27. The summed E-state index contributed by atoms with van der Waals surface area (Å²) in [4.78, 5) is 27.3. The van der Waals surface area contributed by atoms with Crippen molar-refractivity contribution in [1.29, 1.82) is 0 Å². The summed E-state index contributed by atoms with van der Waals surface area (Å²) >= 11 is 0. The average Bonchev–Trinajstić information content (AvgIpc) is 3.14. The van der Waals surface area contributed by atoms with Crippen molar-refractivity contribution < 1.29 is 9.59 Å². The molecule has 0 bridgehead atoms. The van der Waals surface area contributed by atoms with Gasteiger partial charge in [0.2, 0.25) is 5.91 Å². The van der Waals surface area contributed by atoms with Gasteiger partial charge in [0.25, 0.3) is 0 Å². The smallest absolute Gasteiger partial charge is 0.322 e. The van der Waals surface area contributed by atoms with E-state index in [1.807, 2.05) is 18.2 Å². The minimum absolute atomic E-state index is 0.0157. The molecule has 1 aromatic heterocycles. The Kier molecular flexibility index (Phi) is 4.55. The van der Waals surface area contributed by atoms with Gasteiger partial charge in [0, 0.05) is 39.1 Å². The fraction of sp³-hybridized carbons (Fsp3) is 0.375. The van der Waals surface area contributed by atoms with Crippen LogP contribution in [0.3, 0.4) is 0 Å². The average molecular weight is 343 g/mol. The van der Waals surface area contributed by atoms with Crippen molar-refractivity contribution in [2.75, 3.05) is 43.2 Å². The van der Waals surface area contributed by atoms with Crippen LogP contribution in [0.15, 0.2) is 24.4 Å². The number of urea groups is 1. The fourth-order valence-electron chi connectivity index (χ4n) is 2.65. The predicted octanol–water partition coefficient (Wildman–Crippen LogP) is 1.00. The molecule has 9 nitrogen and oxygen atoms in total. The molecule has 2 N–H and O–H groups in total. The number of anilines is 3. The summed E-state index contributed by atoms with van der Waals surface area (Å²) in [7, 11) is 5.31. The molecule has 0 spiro atoms. The van der Waals surface area contributed by atoms with Gasteiger partial charge in [-0.2, -0.15) is 0 Å². The van der Waals surface area contributed by atoms with E-state index < -0.39 is 0 Å². The largest absolute Gasteiger partial charge is 0.374 e. The zero-order valence-electron chi connectivity index (χ0n) is 14.5. The Labute approximate surface area is 145 Å². The molecule has 25 heavy (non-hydrogen) atoms. The standard InChI is InChI=1S/C16H21N7O2/c1-21(2)16(25)18-14-9-23(20-19-14)10-15(24)17-12-4-5-13-11(8-12)6-7-22(13)3/h4-5,8-9H,6-7,10H2,1-3H3,(H,17,24)(H,18,25). The van der Waals surface area contributed by atoms with Crippen LogP contribution in [-0.4, -0.2) is 59.5 Å². The van der Waals surface area contributed by atoms with Gasteiger partial charge in [-0.3, -0.25) is 10.1 Å². The monoisotopic (exact) mass is 343 g/mol. The van der Waals surface area contributed by atoms with Crippen molar-refractivity contribution >= 4 is 29.1 Å². The first kappa shape index (κ1) is 16.7. The molecule has 1 aromatic carbocycles. The third-order valence-electron chi connectivity index (χ3n) is 3.98. The molecular weight excluding hydrogens is 322 g/mol. The molecule has 0 aliphatic carbocycles. The zero-order chi connectivity index (χ0) is 18.0. The van der Waals surface area contributed by atoms with E-state index in [1.54, 1.807) is 14.1 Å². The Bertz CT molecular complexity index is 800. The van der Waals surface area contributed by atoms with Gasteiger partial charge in [-0.1, -0.05) is 5.21 Å². The Morgan fingerprint density at radius 2 is 2.08 bits per heavy atom. The summed E-state index contributed by atoms with van der Waals surface area (Å²) in [5.74, 6) is 0.0914. The summed E-state index contributed by atoms with van der Waals surface area (Å²) < 4.78 is 1.38. The molecule has 9 heteroatoms. The first-order valence-corrected chi connectivity index (χ1v) is 7.95. The molecule has 2 aromatic rings. The second-order valence-electron chi connectivity index (χ2n) is 6.19. The number of nitrogens with zero attached hydrogens (tertiary/aromatic N) is 5. The Balaban J connectivity index is 1.58. The second-order valence-corrected chi connectivity index (χ2v) is 6.19. The van der Waals surface area contributed by atoms with Crippen LogP contribution in [0.2, 0.25) is 0 Å². The van der Waals surface area contributed by atoms with Crippen LogP contribution in [-0.2, 0) is 17.8 Å². The molecule has 2 heterocycles. The van der Waals surface area contributed by atoms with Gasteiger partial charge < -0.3 is 15.1 Å². The maximum Gasteiger partial charge on any atom is 0.322 e. The van der Waals surface area contributed by atoms with Crippen LogP contribution in [0.25, 0.3) is 0 Å². The van der Waals surface area contributed by atoms with E-state index in [-0.39, 0.29) is 18.5 Å². The predicted molar refractivity (Wildman–Crippen MR) is 94.8 cm³/mol. The number of aromatic nitrogens is 3. The maximum atomic E-state index is 12.2. The minimum Gasteiger partial charge on any atom is -0.374 e. The lowest BCUT2D eigenvalue weighted by molar-refractivity contribution is -0.116. The van der Waals surface area contributed by atoms with Crippen LogP contribution >= 0.6 is 0 Å². The lowest BCUT2D eigenvalue weighted by Gasteiger charge is -2.12. The number of hydrogen-bond acceptors (Lipinski definition) is 5. The van der Waals surface area contributed by atoms with E-state index >= 15 is 0 Å². The first-order chi connectivity index (χ1) is 11.9. The van der Waals surface area contributed by atoms with Gasteiger partial charge in [-0.05, 0) is 30.2 Å². The number of hydrogen-bond donors (Lipinski definition) is 2. The molecule has 0 saturated carbocycles. The molecule has 1 aliphatic rings. The molecule has 0 radical (unpaired) electrons. The van der Waals surface area contributed by atoms with Crippen LogP contribution in [0.1, 0.15) is 5.56 Å². The van der Waals surface area contributed by atoms with Gasteiger partial charge in [-0.25, -0.2) is 9.48 Å². The van der Waals surface area contributed by atoms with E-state index in [0.717, 1.165) is 18.7 Å². The fourth-order valence-corrected chi connectivity index (χ4v) is 2.65. The van der Waals surface area contributed by atoms with Crippen LogP contribution in [0.5, 0.6) is 0 Å². The van der Waals surface area contributed by atoms with Gasteiger partial charge in [0.1, 0.15) is 6.54 Å². The van der Waals surface area contributed by atoms with Gasteiger partial charge >= 0.3 is 6.03 Å². The third kappa shape index (κ3) is 3.87. The van der Waals surface area contributed by atoms with Crippen molar-refractivity contribution in [2.45, 2.75) is 13.0 Å². The second kappa shape index (κ2) is 6.80. The van der Waals surface area contributed by atoms with Crippen LogP contribution in [0.4, 0.5) is 22.0 Å². The molecule has 3 rings (SSSR count). The number of carbonyl (C=O) groups excluding carboxylic acids is 2. The van der Waals surface area contributed by atoms with E-state index in [9.17, 15) is 9.59 Å². The van der Waals surface area contributed by atoms with Crippen molar-refractivity contribution in [3.63, 3.8) is 0 Å². The highest BCUT2D eigenvalue weighted by Crippen LogP contribution is 2.29. The van der Waals surface area contributed by atoms with Crippen LogP contribution < -0.4 is 15.5 Å². The summed E-state index contributed by atoms with van der Waals surface area (Å²) in [6.45, 7) is 1.01. The SMILES string of the molecule is CN(C)C(=O)Nc1cn(CC(=O)Nc2ccc3c(c2)CCN3C)nn1.